The Bertz CT molecular complexity index is 1330. The molecule has 0 saturated carbocycles. The number of anilines is 1. The fourth-order valence-corrected chi connectivity index (χ4v) is 3.47. The smallest absolute Gasteiger partial charge is 0.342 e. The lowest BCUT2D eigenvalue weighted by molar-refractivity contribution is -0.120. The lowest BCUT2D eigenvalue weighted by Crippen LogP contribution is -2.50. The lowest BCUT2D eigenvalue weighted by atomic mass is 9.97. The summed E-state index contributed by atoms with van der Waals surface area (Å²) < 4.78 is 20.3. The third-order valence-electron chi connectivity index (χ3n) is 5.24. The Morgan fingerprint density at radius 3 is 2.83 bits per heavy atom. The van der Waals surface area contributed by atoms with Crippen molar-refractivity contribution < 1.29 is 18.7 Å². The molecule has 1 aliphatic heterocycles. The molecule has 0 radical (unpaired) electrons. The van der Waals surface area contributed by atoms with Gasteiger partial charge in [-0.25, -0.2) is 9.78 Å². The molecule has 180 valence electrons. The van der Waals surface area contributed by atoms with Crippen LogP contribution in [-0.4, -0.2) is 46.4 Å². The summed E-state index contributed by atoms with van der Waals surface area (Å²) in [6.07, 6.45) is 3.33. The van der Waals surface area contributed by atoms with Crippen molar-refractivity contribution in [3.05, 3.63) is 71.6 Å². The zero-order valence-electron chi connectivity index (χ0n) is 20.0. The van der Waals surface area contributed by atoms with Crippen molar-refractivity contribution in [2.45, 2.75) is 33.2 Å². The van der Waals surface area contributed by atoms with Crippen LogP contribution in [0.4, 0.5) is 14.9 Å². The summed E-state index contributed by atoms with van der Waals surface area (Å²) in [4.78, 5) is 31.1. The molecule has 1 N–H and O–H groups in total. The number of hydrogen-bond donors (Lipinski definition) is 1. The van der Waals surface area contributed by atoms with E-state index in [-0.39, 0.29) is 17.9 Å². The number of nitrogens with one attached hydrogen (secondary N) is 1. The average molecular weight is 476 g/mol. The third kappa shape index (κ3) is 5.84. The zero-order chi connectivity index (χ0) is 25.2. The highest BCUT2D eigenvalue weighted by Crippen LogP contribution is 2.31. The van der Waals surface area contributed by atoms with Gasteiger partial charge in [0.2, 0.25) is 5.95 Å². The first-order chi connectivity index (χ1) is 16.6. The number of halogens is 1. The number of likely N-dealkylation sites (N-methyl/N-ethyl adjacent to an activating group) is 1. The van der Waals surface area contributed by atoms with Gasteiger partial charge in [-0.3, -0.25) is 4.79 Å². The normalized spacial score (nSPS) is 15.4. The highest BCUT2D eigenvalue weighted by Gasteiger charge is 2.31. The number of pyridine rings is 1. The van der Waals surface area contributed by atoms with E-state index < -0.39 is 18.0 Å². The Morgan fingerprint density at radius 1 is 1.29 bits per heavy atom. The molecule has 4 rings (SSSR count). The van der Waals surface area contributed by atoms with E-state index in [1.54, 1.807) is 31.3 Å². The maximum Gasteiger partial charge on any atom is 0.342 e. The number of carbonyl (C=O) groups excluding carboxylic acids is 2. The van der Waals surface area contributed by atoms with E-state index in [0.717, 1.165) is 10.2 Å². The van der Waals surface area contributed by atoms with Gasteiger partial charge in [0.15, 0.2) is 0 Å². The molecular weight excluding hydrogens is 449 g/mol. The highest BCUT2D eigenvalue weighted by molar-refractivity contribution is 6.00. The van der Waals surface area contributed by atoms with E-state index >= 15 is 0 Å². The van der Waals surface area contributed by atoms with Gasteiger partial charge >= 0.3 is 6.03 Å². The molecule has 0 saturated heterocycles. The molecule has 0 spiro atoms. The second-order valence-corrected chi connectivity index (χ2v) is 9.31. The van der Waals surface area contributed by atoms with Crippen molar-refractivity contribution in [3.8, 4) is 17.6 Å². The van der Waals surface area contributed by atoms with Crippen LogP contribution in [0.3, 0.4) is 0 Å². The van der Waals surface area contributed by atoms with Crippen LogP contribution in [0.25, 0.3) is 0 Å². The molecular formula is C26H26FN5O3. The maximum absolute atomic E-state index is 13.3. The largest absolute Gasteiger partial charge is 0.489 e. The van der Waals surface area contributed by atoms with Crippen LogP contribution in [0, 0.1) is 23.2 Å². The summed E-state index contributed by atoms with van der Waals surface area (Å²) in [5, 5.41) is 6.74. The van der Waals surface area contributed by atoms with Gasteiger partial charge in [-0.1, -0.05) is 17.9 Å². The molecule has 35 heavy (non-hydrogen) atoms. The van der Waals surface area contributed by atoms with E-state index in [4.69, 9.17) is 4.74 Å². The molecule has 3 heterocycles. The Hall–Kier alpha value is -4.19. The number of ether oxygens (including phenoxy) is 1. The Labute approximate surface area is 203 Å². The van der Waals surface area contributed by atoms with Crippen molar-refractivity contribution in [2.24, 2.45) is 5.41 Å². The van der Waals surface area contributed by atoms with Gasteiger partial charge in [0.1, 0.15) is 18.4 Å². The summed E-state index contributed by atoms with van der Waals surface area (Å²) in [6.45, 7) is 6.04. The molecule has 1 aliphatic rings. The molecule has 0 aliphatic carbocycles. The highest BCUT2D eigenvalue weighted by atomic mass is 19.1. The SMILES string of the molecule is CN1C(=O)[C@@H](NC(=O)n2cc(Cc3cccc(F)n3)cn2)COc2ccc(C#CC(C)(C)C)cc21. The molecule has 1 aromatic carbocycles. The van der Waals surface area contributed by atoms with Crippen LogP contribution >= 0.6 is 0 Å². The van der Waals surface area contributed by atoms with E-state index in [2.05, 4.69) is 27.2 Å². The molecule has 8 nitrogen and oxygen atoms in total. The quantitative estimate of drug-likeness (QED) is 0.463. The summed E-state index contributed by atoms with van der Waals surface area (Å²) in [7, 11) is 1.63. The second kappa shape index (κ2) is 9.58. The van der Waals surface area contributed by atoms with Crippen molar-refractivity contribution in [3.63, 3.8) is 0 Å². The standard InChI is InChI=1S/C26H26FN5O3/c1-26(2,3)11-10-17-8-9-22-21(13-17)31(4)24(33)20(16-35-22)30-25(34)32-15-18(14-28-32)12-19-6-5-7-23(27)29-19/h5-9,13-15,20H,12,16H2,1-4H3,(H,30,34)/t20-/m0/s1. The number of hydrogen-bond acceptors (Lipinski definition) is 5. The monoisotopic (exact) mass is 475 g/mol. The number of amides is 2. The lowest BCUT2D eigenvalue weighted by Gasteiger charge is -2.20. The van der Waals surface area contributed by atoms with Gasteiger partial charge in [-0.05, 0) is 56.7 Å². The van der Waals surface area contributed by atoms with Gasteiger partial charge in [-0.2, -0.15) is 14.2 Å². The topological polar surface area (TPSA) is 89.4 Å². The minimum Gasteiger partial charge on any atom is -0.489 e. The summed E-state index contributed by atoms with van der Waals surface area (Å²) in [5.41, 5.74) is 2.39. The van der Waals surface area contributed by atoms with E-state index in [9.17, 15) is 14.0 Å². The van der Waals surface area contributed by atoms with Crippen LogP contribution < -0.4 is 15.0 Å². The van der Waals surface area contributed by atoms with Gasteiger partial charge in [0, 0.05) is 36.3 Å². The van der Waals surface area contributed by atoms with Gasteiger partial charge in [0.05, 0.1) is 11.9 Å². The molecule has 0 unspecified atom stereocenters. The van der Waals surface area contributed by atoms with E-state index in [1.165, 1.54) is 23.4 Å². The molecule has 9 heteroatoms. The van der Waals surface area contributed by atoms with Crippen LogP contribution in [0.1, 0.15) is 37.6 Å². The fraction of sp³-hybridized carbons (Fsp3) is 0.308. The van der Waals surface area contributed by atoms with Crippen molar-refractivity contribution in [1.82, 2.24) is 20.1 Å². The predicted octanol–water partition coefficient (Wildman–Crippen LogP) is 3.39. The Morgan fingerprint density at radius 2 is 2.09 bits per heavy atom. The minimum absolute atomic E-state index is 0.0315. The first-order valence-corrected chi connectivity index (χ1v) is 11.1. The van der Waals surface area contributed by atoms with Crippen LogP contribution in [0.5, 0.6) is 5.75 Å². The van der Waals surface area contributed by atoms with Gasteiger partial charge < -0.3 is 15.0 Å². The molecule has 2 aromatic heterocycles. The predicted molar refractivity (Wildman–Crippen MR) is 129 cm³/mol. The number of nitrogens with zero attached hydrogens (tertiary/aromatic N) is 4. The minimum atomic E-state index is -0.915. The number of benzene rings is 1. The molecule has 2 amide bonds. The van der Waals surface area contributed by atoms with Gasteiger partial charge in [0.25, 0.3) is 5.91 Å². The first-order valence-electron chi connectivity index (χ1n) is 11.1. The summed E-state index contributed by atoms with van der Waals surface area (Å²) in [5.74, 6) is 5.94. The number of rotatable bonds is 3. The van der Waals surface area contributed by atoms with Crippen molar-refractivity contribution in [1.29, 1.82) is 0 Å². The number of fused-ring (bicyclic) bond motifs is 1. The molecule has 0 bridgehead atoms. The maximum atomic E-state index is 13.3. The summed E-state index contributed by atoms with van der Waals surface area (Å²) >= 11 is 0. The number of carbonyl (C=O) groups is 2. The molecule has 0 fully saturated rings. The average Bonchev–Trinajstić information content (AvgIpc) is 3.23. The Balaban J connectivity index is 1.45. The van der Waals surface area contributed by atoms with E-state index in [0.29, 0.717) is 29.1 Å². The van der Waals surface area contributed by atoms with Crippen molar-refractivity contribution >= 4 is 17.6 Å². The van der Waals surface area contributed by atoms with E-state index in [1.807, 2.05) is 26.8 Å². The van der Waals surface area contributed by atoms with Crippen LogP contribution in [0.2, 0.25) is 0 Å². The molecule has 1 atom stereocenters. The third-order valence-corrected chi connectivity index (χ3v) is 5.24. The van der Waals surface area contributed by atoms with Gasteiger partial charge in [-0.15, -0.1) is 0 Å². The zero-order valence-corrected chi connectivity index (χ0v) is 20.0. The van der Waals surface area contributed by atoms with Crippen molar-refractivity contribution in [2.75, 3.05) is 18.6 Å². The Kier molecular flexibility index (Phi) is 6.56. The second-order valence-electron chi connectivity index (χ2n) is 9.31. The molecule has 3 aromatic rings. The van der Waals surface area contributed by atoms with Crippen LogP contribution in [-0.2, 0) is 11.2 Å². The fourth-order valence-electron chi connectivity index (χ4n) is 3.47. The first kappa shape index (κ1) is 24.0. The summed E-state index contributed by atoms with van der Waals surface area (Å²) in [6, 6.07) is 8.45. The van der Waals surface area contributed by atoms with Crippen LogP contribution in [0.15, 0.2) is 48.8 Å². The number of aromatic nitrogens is 3.